The molecule has 10 heteroatoms. The molecule has 1 aliphatic heterocycles. The van der Waals surface area contributed by atoms with Crippen molar-refractivity contribution in [1.29, 1.82) is 0 Å². The Morgan fingerprint density at radius 1 is 1.20 bits per heavy atom. The fourth-order valence-electron chi connectivity index (χ4n) is 3.88. The number of aryl methyl sites for hydroxylation is 1. The zero-order chi connectivity index (χ0) is 21.5. The maximum absolute atomic E-state index is 13.4. The summed E-state index contributed by atoms with van der Waals surface area (Å²) in [4.78, 5) is 9.77. The molecule has 0 unspecified atom stereocenters. The lowest BCUT2D eigenvalue weighted by molar-refractivity contribution is -0.141. The molecular formula is C20H21F3IN5O. The molecule has 1 saturated heterocycles. The number of hydrogen-bond donors (Lipinski definition) is 1. The van der Waals surface area contributed by atoms with E-state index >= 15 is 0 Å². The number of ether oxygens (including phenoxy) is 1. The minimum absolute atomic E-state index is 0.288. The summed E-state index contributed by atoms with van der Waals surface area (Å²) in [6, 6.07) is 8.01. The van der Waals surface area contributed by atoms with Gasteiger partial charge in [0.2, 0.25) is 0 Å². The Balaban J connectivity index is 1.63. The van der Waals surface area contributed by atoms with Gasteiger partial charge in [-0.2, -0.15) is 18.3 Å². The van der Waals surface area contributed by atoms with Gasteiger partial charge in [-0.3, -0.25) is 0 Å². The van der Waals surface area contributed by atoms with E-state index in [9.17, 15) is 13.2 Å². The molecule has 3 heterocycles. The number of anilines is 1. The highest BCUT2D eigenvalue weighted by atomic mass is 127. The number of benzene rings is 1. The molecule has 0 saturated carbocycles. The predicted molar refractivity (Wildman–Crippen MR) is 115 cm³/mol. The Labute approximate surface area is 185 Å². The van der Waals surface area contributed by atoms with Crippen LogP contribution in [0.3, 0.4) is 0 Å². The van der Waals surface area contributed by atoms with Gasteiger partial charge in [0.25, 0.3) is 0 Å². The van der Waals surface area contributed by atoms with E-state index in [4.69, 9.17) is 4.74 Å². The van der Waals surface area contributed by atoms with Gasteiger partial charge in [0.05, 0.1) is 18.5 Å². The number of nitrogens with zero attached hydrogens (tertiary/aromatic N) is 4. The molecule has 1 fully saturated rings. The molecule has 0 radical (unpaired) electrons. The first kappa shape index (κ1) is 21.0. The van der Waals surface area contributed by atoms with Crippen LogP contribution in [-0.2, 0) is 6.18 Å². The summed E-state index contributed by atoms with van der Waals surface area (Å²) in [6.07, 6.45) is -2.89. The van der Waals surface area contributed by atoms with Crippen LogP contribution in [0.5, 0.6) is 5.75 Å². The highest BCUT2D eigenvalue weighted by molar-refractivity contribution is 14.1. The molecule has 2 aromatic heterocycles. The third-order valence-electron chi connectivity index (χ3n) is 5.38. The first-order valence-electron chi connectivity index (χ1n) is 9.55. The number of methoxy groups -OCH3 is 1. The van der Waals surface area contributed by atoms with Gasteiger partial charge in [0.15, 0.2) is 9.53 Å². The first-order valence-corrected chi connectivity index (χ1v) is 10.6. The van der Waals surface area contributed by atoms with E-state index in [0.717, 1.165) is 34.1 Å². The number of piperidine rings is 1. The summed E-state index contributed by atoms with van der Waals surface area (Å²) in [5.41, 5.74) is 1.73. The number of aromatic amines is 1. The molecule has 4 rings (SSSR count). The van der Waals surface area contributed by atoms with Crippen LogP contribution in [0.4, 0.5) is 19.0 Å². The number of imidazole rings is 1. The van der Waals surface area contributed by atoms with Crippen molar-refractivity contribution in [2.24, 2.45) is 0 Å². The Kier molecular flexibility index (Phi) is 5.69. The van der Waals surface area contributed by atoms with Crippen molar-refractivity contribution in [1.82, 2.24) is 19.7 Å². The van der Waals surface area contributed by atoms with Gasteiger partial charge >= 0.3 is 6.18 Å². The van der Waals surface area contributed by atoms with Crippen molar-refractivity contribution >= 4 is 28.4 Å². The highest BCUT2D eigenvalue weighted by Crippen LogP contribution is 2.36. The lowest BCUT2D eigenvalue weighted by Gasteiger charge is -2.33. The molecule has 30 heavy (non-hydrogen) atoms. The van der Waals surface area contributed by atoms with Crippen LogP contribution in [0.2, 0.25) is 0 Å². The number of aromatic nitrogens is 4. The van der Waals surface area contributed by atoms with E-state index in [-0.39, 0.29) is 5.92 Å². The maximum Gasteiger partial charge on any atom is 0.435 e. The molecule has 6 nitrogen and oxygen atoms in total. The highest BCUT2D eigenvalue weighted by Gasteiger charge is 2.36. The Hall–Kier alpha value is -2.24. The zero-order valence-electron chi connectivity index (χ0n) is 16.5. The molecule has 160 valence electrons. The number of H-pyrrole nitrogens is 1. The predicted octanol–water partition coefficient (Wildman–Crippen LogP) is 4.92. The van der Waals surface area contributed by atoms with E-state index in [0.29, 0.717) is 30.3 Å². The number of hydrogen-bond acceptors (Lipinski definition) is 4. The van der Waals surface area contributed by atoms with E-state index in [1.54, 1.807) is 24.3 Å². The summed E-state index contributed by atoms with van der Waals surface area (Å²) >= 11 is 2.16. The lowest BCUT2D eigenvalue weighted by atomic mass is 9.92. The molecule has 0 amide bonds. The maximum atomic E-state index is 13.4. The molecule has 0 atom stereocenters. The van der Waals surface area contributed by atoms with E-state index in [1.165, 1.54) is 11.8 Å². The van der Waals surface area contributed by atoms with E-state index in [2.05, 4.69) is 37.7 Å². The number of nitrogens with one attached hydrogen (secondary N) is 1. The summed E-state index contributed by atoms with van der Waals surface area (Å²) in [6.45, 7) is 3.26. The minimum atomic E-state index is -4.51. The van der Waals surface area contributed by atoms with Crippen LogP contribution in [-0.4, -0.2) is 39.9 Å². The molecular weight excluding hydrogens is 510 g/mol. The van der Waals surface area contributed by atoms with Crippen molar-refractivity contribution in [2.45, 2.75) is 31.9 Å². The van der Waals surface area contributed by atoms with Gasteiger partial charge in [0.1, 0.15) is 11.6 Å². The smallest absolute Gasteiger partial charge is 0.435 e. The van der Waals surface area contributed by atoms with Gasteiger partial charge in [-0.25, -0.2) is 9.67 Å². The minimum Gasteiger partial charge on any atom is -0.497 e. The molecule has 0 aliphatic carbocycles. The van der Waals surface area contributed by atoms with Crippen molar-refractivity contribution in [3.63, 3.8) is 0 Å². The normalized spacial score (nSPS) is 15.6. The van der Waals surface area contributed by atoms with Crippen LogP contribution < -0.4 is 9.64 Å². The van der Waals surface area contributed by atoms with Gasteiger partial charge in [-0.1, -0.05) is 6.07 Å². The number of halogens is 4. The molecule has 3 aromatic rings. The van der Waals surface area contributed by atoms with Crippen molar-refractivity contribution in [2.75, 3.05) is 25.1 Å². The summed E-state index contributed by atoms with van der Waals surface area (Å²) in [5, 5.41) is 3.87. The van der Waals surface area contributed by atoms with Crippen molar-refractivity contribution < 1.29 is 17.9 Å². The molecule has 0 spiro atoms. The van der Waals surface area contributed by atoms with Gasteiger partial charge in [-0.15, -0.1) is 0 Å². The third kappa shape index (κ3) is 4.14. The summed E-state index contributed by atoms with van der Waals surface area (Å²) in [5.74, 6) is 1.28. The Bertz CT molecular complexity index is 1040. The topological polar surface area (TPSA) is 59.0 Å². The fraction of sp³-hybridized carbons (Fsp3) is 0.400. The van der Waals surface area contributed by atoms with Gasteiger partial charge in [0, 0.05) is 36.8 Å². The van der Waals surface area contributed by atoms with Crippen molar-refractivity contribution in [3.05, 3.63) is 51.2 Å². The van der Waals surface area contributed by atoms with Crippen LogP contribution in [0.25, 0.3) is 5.69 Å². The van der Waals surface area contributed by atoms with Crippen LogP contribution in [0.15, 0.2) is 30.3 Å². The summed E-state index contributed by atoms with van der Waals surface area (Å²) < 4.78 is 47.7. The van der Waals surface area contributed by atoms with E-state index in [1.807, 2.05) is 11.8 Å². The SMILES string of the molecule is COc1cccc(-n2nc(C(F)(F)F)cc2N2CCC(c3nc(I)[nH]c3C)CC2)c1. The Morgan fingerprint density at radius 3 is 2.53 bits per heavy atom. The average Bonchev–Trinajstić information content (AvgIpc) is 3.31. The molecule has 1 aromatic carbocycles. The monoisotopic (exact) mass is 531 g/mol. The fourth-order valence-corrected chi connectivity index (χ4v) is 4.55. The molecule has 0 bridgehead atoms. The summed E-state index contributed by atoms with van der Waals surface area (Å²) in [7, 11) is 1.52. The first-order chi connectivity index (χ1) is 14.3. The zero-order valence-corrected chi connectivity index (χ0v) is 18.7. The largest absolute Gasteiger partial charge is 0.497 e. The van der Waals surface area contributed by atoms with Crippen LogP contribution in [0.1, 0.15) is 35.8 Å². The second-order valence-electron chi connectivity index (χ2n) is 7.30. The standard InChI is InChI=1S/C20H21F3IN5O/c1-12-18(26-19(24)25-12)13-6-8-28(9-7-13)17-11-16(20(21,22)23)27-29(17)14-4-3-5-15(10-14)30-2/h3-5,10-11,13H,6-9H2,1-2H3,(H,25,26). The van der Waals surface area contributed by atoms with Gasteiger partial charge in [-0.05, 0) is 54.5 Å². The van der Waals surface area contributed by atoms with E-state index < -0.39 is 11.9 Å². The molecule has 1 aliphatic rings. The second-order valence-corrected chi connectivity index (χ2v) is 8.32. The lowest BCUT2D eigenvalue weighted by Crippen LogP contribution is -2.34. The second kappa shape index (κ2) is 8.12. The van der Waals surface area contributed by atoms with Gasteiger partial charge < -0.3 is 14.6 Å². The Morgan fingerprint density at radius 2 is 1.93 bits per heavy atom. The number of rotatable bonds is 4. The molecule has 1 N–H and O–H groups in total. The number of alkyl halides is 3. The van der Waals surface area contributed by atoms with Crippen molar-refractivity contribution in [3.8, 4) is 11.4 Å². The average molecular weight is 531 g/mol. The third-order valence-corrected chi connectivity index (χ3v) is 5.89. The quantitative estimate of drug-likeness (QED) is 0.486. The van der Waals surface area contributed by atoms with Crippen LogP contribution in [0, 0.1) is 10.8 Å². The van der Waals surface area contributed by atoms with Crippen LogP contribution >= 0.6 is 22.6 Å².